The zero-order chi connectivity index (χ0) is 35.6. The Morgan fingerprint density at radius 2 is 1.10 bits per heavy atom. The SMILES string of the molecule is CC(C(=O)c1ccccc1)N(CCO)Cc1ccc(F)c(F)c1.CC(C(O)c1ccccc1)N(CCO)Cc1ccc(F)c(F)c1.CO.[B].[H-].[Na+]. The van der Waals surface area contributed by atoms with Crippen LogP contribution in [0.25, 0.3) is 0 Å². The molecule has 0 aliphatic carbocycles. The molecule has 4 aromatic rings. The number of carbonyl (C=O) groups excluding carboxylic acids is 1. The van der Waals surface area contributed by atoms with Crippen molar-refractivity contribution in [3.05, 3.63) is 143 Å². The molecule has 13 heteroatoms. The third kappa shape index (κ3) is 14.8. The maximum absolute atomic E-state index is 13.3. The van der Waals surface area contributed by atoms with Gasteiger partial charge in [-0.25, -0.2) is 17.6 Å². The van der Waals surface area contributed by atoms with Gasteiger partial charge in [0.25, 0.3) is 0 Å². The van der Waals surface area contributed by atoms with E-state index in [0.29, 0.717) is 29.8 Å². The Balaban J connectivity index is 0. The number of benzene rings is 4. The van der Waals surface area contributed by atoms with E-state index in [4.69, 9.17) is 5.11 Å². The second kappa shape index (κ2) is 25.1. The number of nitrogens with zero attached hydrogens (tertiary/aromatic N) is 2. The van der Waals surface area contributed by atoms with E-state index >= 15 is 0 Å². The fourth-order valence-electron chi connectivity index (χ4n) is 4.98. The van der Waals surface area contributed by atoms with Crippen molar-refractivity contribution in [1.82, 2.24) is 9.80 Å². The van der Waals surface area contributed by atoms with Crippen LogP contribution in [0.1, 0.15) is 48.4 Å². The van der Waals surface area contributed by atoms with Crippen LogP contribution in [0, 0.1) is 23.3 Å². The first-order valence-electron chi connectivity index (χ1n) is 15.4. The Bertz CT molecular complexity index is 1540. The first-order chi connectivity index (χ1) is 23.0. The van der Waals surface area contributed by atoms with Gasteiger partial charge in [-0.1, -0.05) is 72.8 Å². The second-order valence-corrected chi connectivity index (χ2v) is 10.9. The monoisotopic (exact) mass is 707 g/mol. The van der Waals surface area contributed by atoms with E-state index in [0.717, 1.165) is 36.9 Å². The predicted octanol–water partition coefficient (Wildman–Crippen LogP) is 2.26. The summed E-state index contributed by atoms with van der Waals surface area (Å²) in [7, 11) is 1.00. The standard InChI is InChI=1S/C18H21F2NO2.C18H19F2NO2.CH4O.B.Na.H/c2*1-13(18(23)15-5-3-2-4-6-15)21(9-10-22)12-14-7-8-16(19)17(20)11-14;1-2;;;/h2-8,11,13,18,22-23H,9-10,12H2,1H3;2-8,11,13,22H,9-10,12H2,1H3;2H,1H3;;;/q;;;;+1;-1. The molecule has 0 spiro atoms. The molecule has 0 aliphatic rings. The molecule has 0 amide bonds. The quantitative estimate of drug-likeness (QED) is 0.0907. The minimum Gasteiger partial charge on any atom is -1.00 e. The van der Waals surface area contributed by atoms with Crippen molar-refractivity contribution < 1.29 is 73.8 Å². The van der Waals surface area contributed by atoms with Crippen LogP contribution in [0.15, 0.2) is 97.1 Å². The summed E-state index contributed by atoms with van der Waals surface area (Å²) < 4.78 is 52.7. The summed E-state index contributed by atoms with van der Waals surface area (Å²) in [5.41, 5.74) is 2.48. The number of aliphatic hydroxyl groups excluding tert-OH is 4. The molecule has 4 N–H and O–H groups in total. The molecule has 3 atom stereocenters. The van der Waals surface area contributed by atoms with Gasteiger partial charge in [-0.15, -0.1) is 0 Å². The Kier molecular flexibility index (Phi) is 23.7. The Hall–Kier alpha value is -2.91. The molecule has 0 fully saturated rings. The Morgan fingerprint density at radius 1 is 0.680 bits per heavy atom. The molecule has 0 saturated carbocycles. The normalized spacial score (nSPS) is 12.3. The van der Waals surface area contributed by atoms with E-state index in [-0.39, 0.29) is 77.5 Å². The van der Waals surface area contributed by atoms with E-state index in [1.807, 2.05) is 48.2 Å². The number of rotatable bonds is 14. The van der Waals surface area contributed by atoms with E-state index < -0.39 is 35.4 Å². The summed E-state index contributed by atoms with van der Waals surface area (Å²) in [5.74, 6) is -3.70. The molecule has 0 aliphatic heterocycles. The minimum atomic E-state index is -0.923. The predicted molar refractivity (Wildman–Crippen MR) is 184 cm³/mol. The Labute approximate surface area is 317 Å². The molecular weight excluding hydrogens is 662 g/mol. The van der Waals surface area contributed by atoms with Crippen LogP contribution in [-0.2, 0) is 13.1 Å². The topological polar surface area (TPSA) is 104 Å². The van der Waals surface area contributed by atoms with Gasteiger partial charge in [-0.2, -0.15) is 0 Å². The van der Waals surface area contributed by atoms with Gasteiger partial charge in [0.1, 0.15) is 0 Å². The molecule has 50 heavy (non-hydrogen) atoms. The molecule has 0 bridgehead atoms. The van der Waals surface area contributed by atoms with Crippen LogP contribution in [0.4, 0.5) is 17.6 Å². The molecule has 7 nitrogen and oxygen atoms in total. The van der Waals surface area contributed by atoms with Crippen LogP contribution in [-0.4, -0.2) is 89.9 Å². The Morgan fingerprint density at radius 3 is 1.54 bits per heavy atom. The third-order valence-electron chi connectivity index (χ3n) is 7.67. The minimum absolute atomic E-state index is 0. The average Bonchev–Trinajstić information content (AvgIpc) is 3.11. The van der Waals surface area contributed by atoms with Crippen molar-refractivity contribution in [2.75, 3.05) is 33.4 Å². The van der Waals surface area contributed by atoms with Crippen LogP contribution < -0.4 is 29.6 Å². The number of aliphatic hydroxyl groups is 4. The average molecular weight is 708 g/mol. The van der Waals surface area contributed by atoms with Gasteiger partial charge < -0.3 is 21.9 Å². The fraction of sp³-hybridized carbons (Fsp3) is 0.324. The number of hydrogen-bond donors (Lipinski definition) is 4. The molecule has 265 valence electrons. The van der Waals surface area contributed by atoms with Crippen molar-refractivity contribution in [3.63, 3.8) is 0 Å². The first kappa shape index (κ1) is 47.1. The smallest absolute Gasteiger partial charge is 1.00 e. The molecule has 4 rings (SSSR count). The molecule has 3 unspecified atom stereocenters. The number of Topliss-reactive ketones (excluding diaryl/α,β-unsaturated/α-hetero) is 1. The van der Waals surface area contributed by atoms with Gasteiger partial charge in [0.05, 0.1) is 25.4 Å². The summed E-state index contributed by atoms with van der Waals surface area (Å²) >= 11 is 0. The van der Waals surface area contributed by atoms with Crippen molar-refractivity contribution in [2.45, 2.75) is 45.1 Å². The second-order valence-electron chi connectivity index (χ2n) is 10.9. The van der Waals surface area contributed by atoms with Crippen LogP contribution in [0.2, 0.25) is 0 Å². The fourth-order valence-corrected chi connectivity index (χ4v) is 4.98. The molecular formula is C37H45BF4N2NaO5. The zero-order valence-electron chi connectivity index (χ0n) is 29.9. The van der Waals surface area contributed by atoms with Gasteiger partial charge in [-0.3, -0.25) is 14.6 Å². The van der Waals surface area contributed by atoms with Crippen molar-refractivity contribution >= 4 is 14.2 Å². The van der Waals surface area contributed by atoms with Gasteiger partial charge in [0.2, 0.25) is 0 Å². The van der Waals surface area contributed by atoms with Crippen molar-refractivity contribution in [3.8, 4) is 0 Å². The largest absolute Gasteiger partial charge is 1.00 e. The summed E-state index contributed by atoms with van der Waals surface area (Å²) in [6, 6.07) is 24.7. The number of carbonyl (C=O) groups is 1. The summed E-state index contributed by atoms with van der Waals surface area (Å²) in [4.78, 5) is 16.1. The van der Waals surface area contributed by atoms with Crippen molar-refractivity contribution in [1.29, 1.82) is 0 Å². The maximum atomic E-state index is 13.3. The van der Waals surface area contributed by atoms with Crippen LogP contribution in [0.5, 0.6) is 0 Å². The van der Waals surface area contributed by atoms with Crippen LogP contribution in [0.3, 0.4) is 0 Å². The third-order valence-corrected chi connectivity index (χ3v) is 7.67. The van der Waals surface area contributed by atoms with Crippen molar-refractivity contribution in [2.24, 2.45) is 0 Å². The molecule has 4 aromatic carbocycles. The van der Waals surface area contributed by atoms with Crippen LogP contribution >= 0.6 is 0 Å². The molecule has 3 radical (unpaired) electrons. The summed E-state index contributed by atoms with van der Waals surface area (Å²) in [6.07, 6.45) is -0.743. The molecule has 0 saturated heterocycles. The number of ketones is 1. The number of hydrogen-bond acceptors (Lipinski definition) is 7. The van der Waals surface area contributed by atoms with Gasteiger partial charge in [0, 0.05) is 53.3 Å². The van der Waals surface area contributed by atoms with E-state index in [2.05, 4.69) is 0 Å². The van der Waals surface area contributed by atoms with E-state index in [1.165, 1.54) is 12.1 Å². The first-order valence-corrected chi connectivity index (χ1v) is 15.4. The van der Waals surface area contributed by atoms with Gasteiger partial charge in [-0.05, 0) is 54.8 Å². The molecule has 0 heterocycles. The summed E-state index contributed by atoms with van der Waals surface area (Å²) in [5, 5.41) is 36.0. The summed E-state index contributed by atoms with van der Waals surface area (Å²) in [6.45, 7) is 4.51. The zero-order valence-corrected chi connectivity index (χ0v) is 30.9. The van der Waals surface area contributed by atoms with E-state index in [1.54, 1.807) is 36.1 Å². The van der Waals surface area contributed by atoms with Gasteiger partial charge >= 0.3 is 29.6 Å². The van der Waals surface area contributed by atoms with E-state index in [9.17, 15) is 37.7 Å². The maximum Gasteiger partial charge on any atom is 1.00 e. The number of halogens is 4. The molecule has 0 aromatic heterocycles. The van der Waals surface area contributed by atoms with Gasteiger partial charge in [0.15, 0.2) is 29.1 Å².